The van der Waals surface area contributed by atoms with Crippen LogP contribution in [0.2, 0.25) is 5.02 Å². The zero-order chi connectivity index (χ0) is 16.4. The van der Waals surface area contributed by atoms with Gasteiger partial charge in [0.1, 0.15) is 11.6 Å². The molecule has 2 heterocycles. The Morgan fingerprint density at radius 3 is 2.87 bits per heavy atom. The van der Waals surface area contributed by atoms with Gasteiger partial charge in [0.15, 0.2) is 0 Å². The first-order chi connectivity index (χ1) is 11.0. The Balaban J connectivity index is 1.58. The van der Waals surface area contributed by atoms with Gasteiger partial charge in [-0.25, -0.2) is 13.9 Å². The van der Waals surface area contributed by atoms with E-state index in [1.54, 1.807) is 10.6 Å². The first kappa shape index (κ1) is 16.0. The largest absolute Gasteiger partial charge is 0.493 e. The number of benzene rings is 1. The van der Waals surface area contributed by atoms with Crippen LogP contribution >= 0.6 is 23.4 Å². The first-order valence-electron chi connectivity index (χ1n) is 6.94. The number of rotatable bonds is 5. The molecule has 2 aromatic heterocycles. The average Bonchev–Trinajstić information content (AvgIpc) is 2.90. The van der Waals surface area contributed by atoms with E-state index in [9.17, 15) is 4.39 Å². The molecule has 0 unspecified atom stereocenters. The minimum atomic E-state index is -0.490. The molecule has 5 nitrogen and oxygen atoms in total. The lowest BCUT2D eigenvalue weighted by atomic mass is 10.3. The summed E-state index contributed by atoms with van der Waals surface area (Å²) < 4.78 is 20.5. The molecular weight excluding hydrogens is 339 g/mol. The highest BCUT2D eigenvalue weighted by molar-refractivity contribution is 7.99. The summed E-state index contributed by atoms with van der Waals surface area (Å²) in [6.07, 6.45) is 0. The van der Waals surface area contributed by atoms with Crippen LogP contribution in [0.3, 0.4) is 0 Å². The number of aryl methyl sites for hydroxylation is 2. The van der Waals surface area contributed by atoms with Crippen molar-refractivity contribution in [3.63, 3.8) is 0 Å². The van der Waals surface area contributed by atoms with Crippen molar-refractivity contribution in [2.45, 2.75) is 19.0 Å². The molecule has 8 heteroatoms. The number of fused-ring (bicyclic) bond motifs is 1. The molecule has 0 atom stereocenters. The van der Waals surface area contributed by atoms with Gasteiger partial charge < -0.3 is 4.74 Å². The summed E-state index contributed by atoms with van der Waals surface area (Å²) in [7, 11) is 0. The van der Waals surface area contributed by atoms with Gasteiger partial charge in [0, 0.05) is 23.2 Å². The minimum Gasteiger partial charge on any atom is -0.493 e. The van der Waals surface area contributed by atoms with Crippen molar-refractivity contribution in [3.05, 3.63) is 46.5 Å². The average molecular weight is 353 g/mol. The summed E-state index contributed by atoms with van der Waals surface area (Å²) in [5.74, 6) is 1.18. The summed E-state index contributed by atoms with van der Waals surface area (Å²) >= 11 is 7.08. The maximum absolute atomic E-state index is 13.3. The summed E-state index contributed by atoms with van der Waals surface area (Å²) in [6.45, 7) is 4.29. The highest BCUT2D eigenvalue weighted by Gasteiger charge is 2.08. The van der Waals surface area contributed by atoms with Crippen LogP contribution in [-0.4, -0.2) is 31.9 Å². The van der Waals surface area contributed by atoms with E-state index in [0.29, 0.717) is 29.0 Å². The fourth-order valence-electron chi connectivity index (χ4n) is 2.07. The van der Waals surface area contributed by atoms with Gasteiger partial charge in [-0.15, -0.1) is 5.10 Å². The van der Waals surface area contributed by atoms with E-state index < -0.39 is 5.82 Å². The fraction of sp³-hybridized carbons (Fsp3) is 0.267. The molecule has 0 saturated carbocycles. The zero-order valence-corrected chi connectivity index (χ0v) is 14.2. The Morgan fingerprint density at radius 1 is 1.26 bits per heavy atom. The third-order valence-electron chi connectivity index (χ3n) is 3.07. The van der Waals surface area contributed by atoms with Gasteiger partial charge in [0.25, 0.3) is 5.78 Å². The van der Waals surface area contributed by atoms with Crippen LogP contribution in [0.25, 0.3) is 5.78 Å². The quantitative estimate of drug-likeness (QED) is 0.517. The van der Waals surface area contributed by atoms with E-state index >= 15 is 0 Å². The van der Waals surface area contributed by atoms with Crippen LogP contribution in [0, 0.1) is 19.7 Å². The molecule has 0 bridgehead atoms. The predicted molar refractivity (Wildman–Crippen MR) is 87.9 cm³/mol. The fourth-order valence-corrected chi connectivity index (χ4v) is 2.82. The molecule has 0 N–H and O–H groups in total. The lowest BCUT2D eigenvalue weighted by Gasteiger charge is -2.05. The number of nitrogens with zero attached hydrogens (tertiary/aromatic N) is 4. The molecule has 3 rings (SSSR count). The second-order valence-electron chi connectivity index (χ2n) is 4.92. The molecule has 23 heavy (non-hydrogen) atoms. The Labute approximate surface area is 141 Å². The van der Waals surface area contributed by atoms with E-state index in [4.69, 9.17) is 16.3 Å². The molecule has 3 aromatic rings. The molecule has 0 spiro atoms. The van der Waals surface area contributed by atoms with Gasteiger partial charge in [0.2, 0.25) is 5.16 Å². The van der Waals surface area contributed by atoms with Crippen molar-refractivity contribution in [2.24, 2.45) is 0 Å². The molecule has 0 amide bonds. The second kappa shape index (κ2) is 6.72. The summed E-state index contributed by atoms with van der Waals surface area (Å²) in [6, 6.07) is 6.33. The van der Waals surface area contributed by atoms with Crippen molar-refractivity contribution in [2.75, 3.05) is 12.4 Å². The van der Waals surface area contributed by atoms with Gasteiger partial charge in [-0.2, -0.15) is 4.98 Å². The van der Waals surface area contributed by atoms with Crippen molar-refractivity contribution >= 4 is 29.1 Å². The van der Waals surface area contributed by atoms with E-state index in [2.05, 4.69) is 15.1 Å². The van der Waals surface area contributed by atoms with Crippen LogP contribution in [0.5, 0.6) is 5.75 Å². The summed E-state index contributed by atoms with van der Waals surface area (Å²) in [5.41, 5.74) is 1.90. The molecule has 0 aliphatic heterocycles. The van der Waals surface area contributed by atoms with Gasteiger partial charge >= 0.3 is 0 Å². The summed E-state index contributed by atoms with van der Waals surface area (Å²) in [5, 5.41) is 5.12. The monoisotopic (exact) mass is 352 g/mol. The van der Waals surface area contributed by atoms with Crippen LogP contribution in [-0.2, 0) is 0 Å². The number of aromatic nitrogens is 4. The van der Waals surface area contributed by atoms with E-state index in [1.807, 2.05) is 19.9 Å². The number of thioether (sulfide) groups is 1. The van der Waals surface area contributed by atoms with E-state index in [1.165, 1.54) is 23.9 Å². The SMILES string of the molecule is Cc1cc(C)n2nc(SCCOc3ccc(Cl)c(F)c3)nc2n1. The van der Waals surface area contributed by atoms with E-state index in [-0.39, 0.29) is 5.02 Å². The number of hydrogen-bond donors (Lipinski definition) is 0. The molecule has 0 aliphatic carbocycles. The van der Waals surface area contributed by atoms with Crippen molar-refractivity contribution in [1.29, 1.82) is 0 Å². The number of halogens is 2. The van der Waals surface area contributed by atoms with Crippen LogP contribution in [0.1, 0.15) is 11.4 Å². The standard InChI is InChI=1S/C15H14ClFN4OS/c1-9-7-10(2)21-14(18-9)19-15(20-21)23-6-5-22-11-3-4-12(16)13(17)8-11/h3-4,7-8H,5-6H2,1-2H3. The topological polar surface area (TPSA) is 52.3 Å². The van der Waals surface area contributed by atoms with Gasteiger partial charge in [-0.1, -0.05) is 23.4 Å². The molecule has 0 fully saturated rings. The highest BCUT2D eigenvalue weighted by Crippen LogP contribution is 2.21. The molecule has 0 saturated heterocycles. The third-order valence-corrected chi connectivity index (χ3v) is 4.18. The minimum absolute atomic E-state index is 0.0822. The maximum atomic E-state index is 13.3. The molecule has 0 aliphatic rings. The van der Waals surface area contributed by atoms with Gasteiger partial charge in [0.05, 0.1) is 11.6 Å². The maximum Gasteiger partial charge on any atom is 0.253 e. The molecule has 120 valence electrons. The lowest BCUT2D eigenvalue weighted by molar-refractivity contribution is 0.342. The Kier molecular flexibility index (Phi) is 4.68. The van der Waals surface area contributed by atoms with Gasteiger partial charge in [-0.3, -0.25) is 0 Å². The Hall–Kier alpha value is -1.86. The third kappa shape index (κ3) is 3.73. The smallest absolute Gasteiger partial charge is 0.253 e. The van der Waals surface area contributed by atoms with Crippen LogP contribution < -0.4 is 4.74 Å². The van der Waals surface area contributed by atoms with Crippen LogP contribution in [0.4, 0.5) is 4.39 Å². The molecular formula is C15H14ClFN4OS. The van der Waals surface area contributed by atoms with Crippen molar-refractivity contribution < 1.29 is 9.13 Å². The van der Waals surface area contributed by atoms with Crippen LogP contribution in [0.15, 0.2) is 29.4 Å². The Bertz CT molecular complexity index is 855. The molecule has 1 aromatic carbocycles. The van der Waals surface area contributed by atoms with E-state index in [0.717, 1.165) is 11.4 Å². The molecule has 0 radical (unpaired) electrons. The number of ether oxygens (including phenoxy) is 1. The van der Waals surface area contributed by atoms with Crippen molar-refractivity contribution in [1.82, 2.24) is 19.6 Å². The lowest BCUT2D eigenvalue weighted by Crippen LogP contribution is -2.01. The normalized spacial score (nSPS) is 11.1. The number of hydrogen-bond acceptors (Lipinski definition) is 5. The van der Waals surface area contributed by atoms with Gasteiger partial charge in [-0.05, 0) is 32.0 Å². The first-order valence-corrected chi connectivity index (χ1v) is 8.31. The second-order valence-corrected chi connectivity index (χ2v) is 6.39. The Morgan fingerprint density at radius 2 is 2.09 bits per heavy atom. The van der Waals surface area contributed by atoms with Crippen molar-refractivity contribution in [3.8, 4) is 5.75 Å². The highest BCUT2D eigenvalue weighted by atomic mass is 35.5. The summed E-state index contributed by atoms with van der Waals surface area (Å²) in [4.78, 5) is 8.72. The zero-order valence-electron chi connectivity index (χ0n) is 12.6. The predicted octanol–water partition coefficient (Wildman–Crippen LogP) is 3.70.